The summed E-state index contributed by atoms with van der Waals surface area (Å²) in [5, 5.41) is 2.97. The summed E-state index contributed by atoms with van der Waals surface area (Å²) < 4.78 is 5.33. The van der Waals surface area contributed by atoms with Crippen LogP contribution in [0.4, 0.5) is 11.4 Å². The topological polar surface area (TPSA) is 64.3 Å². The van der Waals surface area contributed by atoms with E-state index in [0.29, 0.717) is 6.61 Å². The maximum Gasteiger partial charge on any atom is 0.229 e. The Kier molecular flexibility index (Phi) is 3.87. The van der Waals surface area contributed by atoms with Crippen molar-refractivity contribution in [2.75, 3.05) is 24.3 Å². The van der Waals surface area contributed by atoms with Crippen LogP contribution in [0.3, 0.4) is 0 Å². The van der Waals surface area contributed by atoms with Gasteiger partial charge in [0.1, 0.15) is 0 Å². The Labute approximate surface area is 108 Å². The van der Waals surface area contributed by atoms with E-state index < -0.39 is 0 Å². The van der Waals surface area contributed by atoms with Crippen LogP contribution in [0, 0.1) is 19.8 Å². The molecule has 2 rings (SSSR count). The van der Waals surface area contributed by atoms with Gasteiger partial charge in [-0.05, 0) is 49.9 Å². The molecule has 1 unspecified atom stereocenters. The fourth-order valence-corrected chi connectivity index (χ4v) is 2.16. The molecule has 1 aromatic rings. The third-order valence-corrected chi connectivity index (χ3v) is 3.40. The number of nitrogens with one attached hydrogen (secondary N) is 1. The van der Waals surface area contributed by atoms with Crippen LogP contribution in [-0.4, -0.2) is 19.1 Å². The summed E-state index contributed by atoms with van der Waals surface area (Å²) in [4.78, 5) is 12.1. The lowest BCUT2D eigenvalue weighted by Gasteiger charge is -2.22. The van der Waals surface area contributed by atoms with Gasteiger partial charge in [-0.25, -0.2) is 0 Å². The molecule has 0 spiro atoms. The average molecular weight is 248 g/mol. The first-order valence-corrected chi connectivity index (χ1v) is 6.33. The number of anilines is 2. The zero-order valence-electron chi connectivity index (χ0n) is 11.0. The summed E-state index contributed by atoms with van der Waals surface area (Å²) in [5.41, 5.74) is 9.40. The molecule has 18 heavy (non-hydrogen) atoms. The number of hydrogen-bond donors (Lipinski definition) is 2. The van der Waals surface area contributed by atoms with Gasteiger partial charge in [0.05, 0.1) is 12.5 Å². The Bertz CT molecular complexity index is 451. The van der Waals surface area contributed by atoms with Crippen molar-refractivity contribution >= 4 is 17.3 Å². The number of rotatable bonds is 2. The first-order valence-electron chi connectivity index (χ1n) is 6.33. The molecule has 98 valence electrons. The van der Waals surface area contributed by atoms with E-state index in [1.807, 2.05) is 26.0 Å². The minimum atomic E-state index is -0.0315. The quantitative estimate of drug-likeness (QED) is 0.789. The van der Waals surface area contributed by atoms with Gasteiger partial charge in [-0.1, -0.05) is 0 Å². The number of ether oxygens (including phenoxy) is 1. The van der Waals surface area contributed by atoms with E-state index in [4.69, 9.17) is 10.5 Å². The van der Waals surface area contributed by atoms with Crippen molar-refractivity contribution in [3.8, 4) is 0 Å². The summed E-state index contributed by atoms with van der Waals surface area (Å²) >= 11 is 0. The van der Waals surface area contributed by atoms with E-state index in [2.05, 4.69) is 5.32 Å². The van der Waals surface area contributed by atoms with Crippen LogP contribution < -0.4 is 11.1 Å². The minimum Gasteiger partial charge on any atom is -0.399 e. The standard InChI is InChI=1S/C14H20N2O2/c1-9-7-13(10(2)6-12(9)15)16-14(17)11-4-3-5-18-8-11/h6-7,11H,3-5,8,15H2,1-2H3,(H,16,17). The molecule has 3 N–H and O–H groups in total. The molecule has 1 aliphatic rings. The number of benzene rings is 1. The second-order valence-corrected chi connectivity index (χ2v) is 4.93. The summed E-state index contributed by atoms with van der Waals surface area (Å²) in [7, 11) is 0. The molecule has 0 bridgehead atoms. The average Bonchev–Trinajstić information content (AvgIpc) is 2.37. The van der Waals surface area contributed by atoms with E-state index in [1.165, 1.54) is 0 Å². The van der Waals surface area contributed by atoms with E-state index >= 15 is 0 Å². The summed E-state index contributed by atoms with van der Waals surface area (Å²) in [5.74, 6) is 0.0120. The Morgan fingerprint density at radius 3 is 2.83 bits per heavy atom. The molecular weight excluding hydrogens is 228 g/mol. The smallest absolute Gasteiger partial charge is 0.229 e. The van der Waals surface area contributed by atoms with Gasteiger partial charge in [0, 0.05) is 18.0 Å². The number of nitrogen functional groups attached to an aromatic ring is 1. The molecule has 1 heterocycles. The van der Waals surface area contributed by atoms with Gasteiger partial charge >= 0.3 is 0 Å². The van der Waals surface area contributed by atoms with Crippen LogP contribution in [-0.2, 0) is 9.53 Å². The molecule has 1 amide bonds. The number of amides is 1. The second-order valence-electron chi connectivity index (χ2n) is 4.93. The van der Waals surface area contributed by atoms with E-state index in [-0.39, 0.29) is 11.8 Å². The molecule has 4 heteroatoms. The molecule has 1 aliphatic heterocycles. The summed E-state index contributed by atoms with van der Waals surface area (Å²) in [6, 6.07) is 3.81. The van der Waals surface area contributed by atoms with Gasteiger partial charge in [-0.3, -0.25) is 4.79 Å². The maximum atomic E-state index is 12.1. The van der Waals surface area contributed by atoms with Crippen molar-refractivity contribution in [2.24, 2.45) is 5.92 Å². The zero-order chi connectivity index (χ0) is 13.1. The summed E-state index contributed by atoms with van der Waals surface area (Å²) in [6.07, 6.45) is 1.86. The minimum absolute atomic E-state index is 0.0315. The van der Waals surface area contributed by atoms with Crippen molar-refractivity contribution in [3.05, 3.63) is 23.3 Å². The Balaban J connectivity index is 2.08. The highest BCUT2D eigenvalue weighted by Gasteiger charge is 2.22. The van der Waals surface area contributed by atoms with Crippen LogP contribution in [0.2, 0.25) is 0 Å². The van der Waals surface area contributed by atoms with Crippen LogP contribution in [0.1, 0.15) is 24.0 Å². The zero-order valence-corrected chi connectivity index (χ0v) is 11.0. The van der Waals surface area contributed by atoms with Crippen molar-refractivity contribution in [1.82, 2.24) is 0 Å². The fraction of sp³-hybridized carbons (Fsp3) is 0.500. The Hall–Kier alpha value is -1.55. The molecule has 0 radical (unpaired) electrons. The normalized spacial score (nSPS) is 19.6. The van der Waals surface area contributed by atoms with Crippen molar-refractivity contribution in [3.63, 3.8) is 0 Å². The predicted molar refractivity (Wildman–Crippen MR) is 72.5 cm³/mol. The molecule has 1 atom stereocenters. The largest absolute Gasteiger partial charge is 0.399 e. The van der Waals surface area contributed by atoms with Crippen LogP contribution in [0.15, 0.2) is 12.1 Å². The van der Waals surface area contributed by atoms with Crippen LogP contribution >= 0.6 is 0 Å². The van der Waals surface area contributed by atoms with Gasteiger partial charge < -0.3 is 15.8 Å². The fourth-order valence-electron chi connectivity index (χ4n) is 2.16. The highest BCUT2D eigenvalue weighted by molar-refractivity contribution is 5.93. The molecule has 0 aromatic heterocycles. The third-order valence-electron chi connectivity index (χ3n) is 3.40. The third kappa shape index (κ3) is 2.82. The van der Waals surface area contributed by atoms with Crippen molar-refractivity contribution in [1.29, 1.82) is 0 Å². The number of carbonyl (C=O) groups excluding carboxylic acids is 1. The van der Waals surface area contributed by atoms with Gasteiger partial charge in [0.25, 0.3) is 0 Å². The monoisotopic (exact) mass is 248 g/mol. The van der Waals surface area contributed by atoms with Gasteiger partial charge in [0.15, 0.2) is 0 Å². The number of hydrogen-bond acceptors (Lipinski definition) is 3. The predicted octanol–water partition coefficient (Wildman–Crippen LogP) is 2.25. The Morgan fingerprint density at radius 1 is 1.39 bits per heavy atom. The van der Waals surface area contributed by atoms with E-state index in [1.54, 1.807) is 0 Å². The summed E-state index contributed by atoms with van der Waals surface area (Å²) in [6.45, 7) is 5.18. The highest BCUT2D eigenvalue weighted by Crippen LogP contribution is 2.23. The Morgan fingerprint density at radius 2 is 2.17 bits per heavy atom. The van der Waals surface area contributed by atoms with Gasteiger partial charge in [-0.15, -0.1) is 0 Å². The number of carbonyl (C=O) groups is 1. The first-order chi connectivity index (χ1) is 8.58. The SMILES string of the molecule is Cc1cc(NC(=O)C2CCCOC2)c(C)cc1N. The molecule has 1 fully saturated rings. The molecule has 1 saturated heterocycles. The van der Waals surface area contributed by atoms with Gasteiger partial charge in [0.2, 0.25) is 5.91 Å². The lowest BCUT2D eigenvalue weighted by atomic mass is 10.0. The molecule has 0 saturated carbocycles. The van der Waals surface area contributed by atoms with Crippen molar-refractivity contribution in [2.45, 2.75) is 26.7 Å². The lowest BCUT2D eigenvalue weighted by Crippen LogP contribution is -2.30. The van der Waals surface area contributed by atoms with E-state index in [0.717, 1.165) is 42.0 Å². The molecule has 4 nitrogen and oxygen atoms in total. The molecular formula is C14H20N2O2. The maximum absolute atomic E-state index is 12.1. The van der Waals surface area contributed by atoms with Crippen LogP contribution in [0.25, 0.3) is 0 Å². The second kappa shape index (κ2) is 5.40. The number of aryl methyl sites for hydroxylation is 2. The lowest BCUT2D eigenvalue weighted by molar-refractivity contribution is -0.123. The van der Waals surface area contributed by atoms with Gasteiger partial charge in [-0.2, -0.15) is 0 Å². The van der Waals surface area contributed by atoms with Crippen molar-refractivity contribution < 1.29 is 9.53 Å². The van der Waals surface area contributed by atoms with E-state index in [9.17, 15) is 4.79 Å². The number of nitrogens with two attached hydrogens (primary N) is 1. The molecule has 1 aromatic carbocycles. The van der Waals surface area contributed by atoms with Crippen LogP contribution in [0.5, 0.6) is 0 Å². The highest BCUT2D eigenvalue weighted by atomic mass is 16.5. The first kappa shape index (κ1) is 12.9. The molecule has 0 aliphatic carbocycles.